The molecule has 0 heterocycles. The van der Waals surface area contributed by atoms with Crippen molar-refractivity contribution in [2.24, 2.45) is 0 Å². The van der Waals surface area contributed by atoms with E-state index in [9.17, 15) is 8.78 Å². The molecule has 0 bridgehead atoms. The van der Waals surface area contributed by atoms with Crippen molar-refractivity contribution in [2.45, 2.75) is 32.1 Å². The fourth-order valence-corrected chi connectivity index (χ4v) is 1.69. The van der Waals surface area contributed by atoms with Gasteiger partial charge in [0.15, 0.2) is 0 Å². The van der Waals surface area contributed by atoms with Crippen LogP contribution < -0.4 is 0 Å². The molecular weight excluding hydrogens is 202 g/mol. The highest BCUT2D eigenvalue weighted by Crippen LogP contribution is 2.56. The molecule has 0 radical (unpaired) electrons. The molecule has 1 fully saturated rings. The zero-order valence-electron chi connectivity index (χ0n) is 8.27. The maximum absolute atomic E-state index is 12.8. The molecule has 1 saturated carbocycles. The van der Waals surface area contributed by atoms with Crippen LogP contribution in [0.25, 0.3) is 0 Å². The first kappa shape index (κ1) is 11.5. The second kappa shape index (κ2) is 3.54. The van der Waals surface area contributed by atoms with Crippen molar-refractivity contribution in [1.82, 2.24) is 0 Å². The summed E-state index contributed by atoms with van der Waals surface area (Å²) in [4.78, 5) is 0. The fourth-order valence-electron chi connectivity index (χ4n) is 1.69. The summed E-state index contributed by atoms with van der Waals surface area (Å²) in [6, 6.07) is 5.75. The summed E-state index contributed by atoms with van der Waals surface area (Å²) >= 11 is 0. The van der Waals surface area contributed by atoms with Crippen molar-refractivity contribution in [3.63, 3.8) is 0 Å². The van der Waals surface area contributed by atoms with Crippen LogP contribution in [-0.2, 0) is 0 Å². The van der Waals surface area contributed by atoms with E-state index in [4.69, 9.17) is 0 Å². The van der Waals surface area contributed by atoms with E-state index in [0.29, 0.717) is 0 Å². The van der Waals surface area contributed by atoms with E-state index < -0.39 is 11.8 Å². The Hall–Kier alpha value is -0.570. The normalized spacial score (nSPS) is 22.7. The zero-order valence-corrected chi connectivity index (χ0v) is 9.27. The lowest BCUT2D eigenvalue weighted by molar-refractivity contribution is 0.112. The molecule has 0 saturated heterocycles. The fraction of sp³-hybridized carbons (Fsp3) is 0.455. The molecular formula is C11H14F2S. The molecule has 1 aromatic rings. The summed E-state index contributed by atoms with van der Waals surface area (Å²) in [7, 11) is 0. The summed E-state index contributed by atoms with van der Waals surface area (Å²) in [5.74, 6) is -2.97. The first-order chi connectivity index (χ1) is 6.00. The zero-order chi connectivity index (χ0) is 9.64. The van der Waals surface area contributed by atoms with Gasteiger partial charge in [-0.3, -0.25) is 0 Å². The van der Waals surface area contributed by atoms with Crippen LogP contribution in [-0.4, -0.2) is 5.92 Å². The molecule has 2 rings (SSSR count). The molecule has 0 aromatic heterocycles. The topological polar surface area (TPSA) is 0 Å². The van der Waals surface area contributed by atoms with Gasteiger partial charge >= 0.3 is 0 Å². The molecule has 0 spiro atoms. The summed E-state index contributed by atoms with van der Waals surface area (Å²) in [6.07, 6.45) is 0.0251. The van der Waals surface area contributed by atoms with Gasteiger partial charge in [0.1, 0.15) is 0 Å². The number of alkyl halides is 2. The van der Waals surface area contributed by atoms with E-state index in [1.807, 2.05) is 32.0 Å². The molecule has 0 amide bonds. The Morgan fingerprint density at radius 3 is 2.36 bits per heavy atom. The molecule has 0 nitrogen and oxygen atoms in total. The summed E-state index contributed by atoms with van der Waals surface area (Å²) in [6.45, 7) is 3.83. The molecule has 0 aliphatic heterocycles. The van der Waals surface area contributed by atoms with Gasteiger partial charge in [0.05, 0.1) is 5.92 Å². The van der Waals surface area contributed by atoms with E-state index in [2.05, 4.69) is 0 Å². The monoisotopic (exact) mass is 216 g/mol. The minimum absolute atomic E-state index is 0. The number of rotatable bonds is 1. The van der Waals surface area contributed by atoms with E-state index in [0.717, 1.165) is 16.7 Å². The number of benzene rings is 1. The summed E-state index contributed by atoms with van der Waals surface area (Å²) in [5.41, 5.74) is 2.86. The van der Waals surface area contributed by atoms with Gasteiger partial charge in [-0.2, -0.15) is 13.5 Å². The molecule has 0 N–H and O–H groups in total. The van der Waals surface area contributed by atoms with Crippen molar-refractivity contribution in [3.05, 3.63) is 34.9 Å². The summed E-state index contributed by atoms with van der Waals surface area (Å²) in [5, 5.41) is 0. The SMILES string of the molecule is Cc1ccc(C)c(C2CC2(F)F)c1.S. The molecule has 1 atom stereocenters. The lowest BCUT2D eigenvalue weighted by Gasteiger charge is -2.05. The molecule has 1 aliphatic rings. The van der Waals surface area contributed by atoms with Gasteiger partial charge in [-0.1, -0.05) is 23.8 Å². The average Bonchev–Trinajstić information content (AvgIpc) is 2.65. The van der Waals surface area contributed by atoms with Gasteiger partial charge < -0.3 is 0 Å². The molecule has 78 valence electrons. The third-order valence-electron chi connectivity index (χ3n) is 2.64. The minimum Gasteiger partial charge on any atom is -0.206 e. The van der Waals surface area contributed by atoms with Crippen LogP contribution in [0.2, 0.25) is 0 Å². The van der Waals surface area contributed by atoms with Crippen LogP contribution >= 0.6 is 13.5 Å². The van der Waals surface area contributed by atoms with Crippen molar-refractivity contribution in [2.75, 3.05) is 0 Å². The standard InChI is InChI=1S/C11H12F2.H2S/c1-7-3-4-8(2)9(5-7)10-6-11(10,12)13;/h3-5,10H,6H2,1-2H3;1H2. The molecule has 1 unspecified atom stereocenters. The lowest BCUT2D eigenvalue weighted by Crippen LogP contribution is -1.95. The highest BCUT2D eigenvalue weighted by atomic mass is 32.1. The van der Waals surface area contributed by atoms with Crippen molar-refractivity contribution in [3.8, 4) is 0 Å². The molecule has 14 heavy (non-hydrogen) atoms. The quantitative estimate of drug-likeness (QED) is 0.673. The number of aryl methyl sites for hydroxylation is 2. The van der Waals surface area contributed by atoms with E-state index in [1.165, 1.54) is 0 Å². The molecule has 1 aliphatic carbocycles. The number of hydrogen-bond donors (Lipinski definition) is 0. The molecule has 1 aromatic carbocycles. The Morgan fingerprint density at radius 1 is 1.29 bits per heavy atom. The van der Waals surface area contributed by atoms with Crippen molar-refractivity contribution >= 4 is 13.5 Å². The van der Waals surface area contributed by atoms with Crippen LogP contribution in [0.5, 0.6) is 0 Å². The van der Waals surface area contributed by atoms with Crippen molar-refractivity contribution < 1.29 is 8.78 Å². The van der Waals surface area contributed by atoms with Gasteiger partial charge in [-0.15, -0.1) is 0 Å². The smallest absolute Gasteiger partial charge is 0.206 e. The summed E-state index contributed by atoms with van der Waals surface area (Å²) < 4.78 is 25.6. The number of hydrogen-bond acceptors (Lipinski definition) is 0. The second-order valence-electron chi connectivity index (χ2n) is 3.88. The molecule has 3 heteroatoms. The van der Waals surface area contributed by atoms with Crippen LogP contribution in [0.4, 0.5) is 8.78 Å². The first-order valence-electron chi connectivity index (χ1n) is 4.46. The Bertz CT molecular complexity index is 347. The Morgan fingerprint density at radius 2 is 1.86 bits per heavy atom. The average molecular weight is 216 g/mol. The van der Waals surface area contributed by atoms with E-state index >= 15 is 0 Å². The van der Waals surface area contributed by atoms with Gasteiger partial charge in [-0.05, 0) is 25.0 Å². The van der Waals surface area contributed by atoms with Gasteiger partial charge in [0.2, 0.25) is 0 Å². The lowest BCUT2D eigenvalue weighted by atomic mass is 10.0. The highest BCUT2D eigenvalue weighted by molar-refractivity contribution is 7.59. The van der Waals surface area contributed by atoms with Gasteiger partial charge in [0.25, 0.3) is 5.92 Å². The van der Waals surface area contributed by atoms with Gasteiger partial charge in [-0.25, -0.2) is 8.78 Å². The predicted molar refractivity (Wildman–Crippen MR) is 58.6 cm³/mol. The predicted octanol–water partition coefficient (Wildman–Crippen LogP) is 3.54. The largest absolute Gasteiger partial charge is 0.255 e. The maximum atomic E-state index is 12.8. The van der Waals surface area contributed by atoms with E-state index in [-0.39, 0.29) is 19.9 Å². The van der Waals surface area contributed by atoms with Crippen LogP contribution in [0.3, 0.4) is 0 Å². The van der Waals surface area contributed by atoms with E-state index in [1.54, 1.807) is 0 Å². The van der Waals surface area contributed by atoms with Crippen LogP contribution in [0.1, 0.15) is 29.0 Å². The third kappa shape index (κ3) is 1.92. The Labute approximate surface area is 89.8 Å². The second-order valence-corrected chi connectivity index (χ2v) is 3.88. The number of halogens is 2. The van der Waals surface area contributed by atoms with Crippen LogP contribution in [0, 0.1) is 13.8 Å². The Balaban J connectivity index is 0.000000980. The van der Waals surface area contributed by atoms with Crippen molar-refractivity contribution in [1.29, 1.82) is 0 Å². The third-order valence-corrected chi connectivity index (χ3v) is 2.64. The van der Waals surface area contributed by atoms with Gasteiger partial charge in [0, 0.05) is 6.42 Å². The Kier molecular flexibility index (Phi) is 2.91. The maximum Gasteiger partial charge on any atom is 0.255 e. The van der Waals surface area contributed by atoms with Crippen LogP contribution in [0.15, 0.2) is 18.2 Å². The highest BCUT2D eigenvalue weighted by Gasteiger charge is 2.57. The minimum atomic E-state index is -2.45. The first-order valence-corrected chi connectivity index (χ1v) is 4.46.